The number of nitrogens with zero attached hydrogens (tertiary/aromatic N) is 2. The Morgan fingerprint density at radius 1 is 0.971 bits per heavy atom. The highest BCUT2D eigenvalue weighted by Gasteiger charge is 2.15. The average Bonchev–Trinajstić information content (AvgIpc) is 2.88. The van der Waals surface area contributed by atoms with Crippen molar-refractivity contribution in [2.45, 2.75) is 0 Å². The fourth-order valence-corrected chi connectivity index (χ4v) is 2.84. The summed E-state index contributed by atoms with van der Waals surface area (Å²) in [6.07, 6.45) is 1.35. The minimum absolute atomic E-state index is 0.0274. The molecule has 0 unspecified atom stereocenters. The molecule has 0 atom stereocenters. The highest BCUT2D eigenvalue weighted by atomic mass is 16.6. The maximum absolute atomic E-state index is 12.4. The van der Waals surface area contributed by atoms with Crippen molar-refractivity contribution in [3.63, 3.8) is 0 Å². The zero-order chi connectivity index (χ0) is 25.2. The molecule has 0 spiro atoms. The zero-order valence-corrected chi connectivity index (χ0v) is 18.8. The molecule has 11 nitrogen and oxygen atoms in total. The van der Waals surface area contributed by atoms with Crippen LogP contribution in [0.2, 0.25) is 0 Å². The van der Waals surface area contributed by atoms with Gasteiger partial charge in [-0.3, -0.25) is 14.9 Å². The molecular formula is C24H21N3O8. The highest BCUT2D eigenvalue weighted by molar-refractivity contribution is 5.92. The lowest BCUT2D eigenvalue weighted by Crippen LogP contribution is -2.24. The summed E-state index contributed by atoms with van der Waals surface area (Å²) in [6, 6.07) is 17.0. The lowest BCUT2D eigenvalue weighted by Gasteiger charge is -2.10. The van der Waals surface area contributed by atoms with Gasteiger partial charge in [0, 0.05) is 6.07 Å². The van der Waals surface area contributed by atoms with Gasteiger partial charge >= 0.3 is 11.7 Å². The van der Waals surface area contributed by atoms with Gasteiger partial charge in [-0.05, 0) is 48.0 Å². The second kappa shape index (κ2) is 11.8. The van der Waals surface area contributed by atoms with E-state index in [1.165, 1.54) is 44.7 Å². The highest BCUT2D eigenvalue weighted by Crippen LogP contribution is 2.29. The molecule has 3 aromatic carbocycles. The Kier molecular flexibility index (Phi) is 8.33. The number of rotatable bonds is 10. The predicted octanol–water partition coefficient (Wildman–Crippen LogP) is 3.36. The summed E-state index contributed by atoms with van der Waals surface area (Å²) in [4.78, 5) is 34.8. The number of amides is 1. The van der Waals surface area contributed by atoms with Crippen LogP contribution in [0.4, 0.5) is 5.69 Å². The van der Waals surface area contributed by atoms with Gasteiger partial charge in [0.2, 0.25) is 0 Å². The Balaban J connectivity index is 1.58. The largest absolute Gasteiger partial charge is 0.497 e. The van der Waals surface area contributed by atoms with Crippen LogP contribution in [0.5, 0.6) is 23.0 Å². The molecule has 0 aromatic heterocycles. The molecule has 0 aliphatic carbocycles. The number of hydrazone groups is 1. The number of para-hydroxylation sites is 2. The maximum Gasteiger partial charge on any atom is 0.343 e. The third-order valence-electron chi connectivity index (χ3n) is 4.52. The van der Waals surface area contributed by atoms with Crippen molar-refractivity contribution in [1.29, 1.82) is 0 Å². The third-order valence-corrected chi connectivity index (χ3v) is 4.52. The number of methoxy groups -OCH3 is 2. The topological polar surface area (TPSA) is 139 Å². The van der Waals surface area contributed by atoms with Crippen LogP contribution >= 0.6 is 0 Å². The molecule has 0 heterocycles. The standard InChI is InChI=1S/C24H21N3O8/c1-32-18-7-5-6-17(13-18)24(29)35-21-11-10-16(12-22(21)33-2)14-25-26-23(28)15-34-20-9-4-3-8-19(20)27(30)31/h3-14H,15H2,1-2H3,(H,26,28)/b25-14+. The third kappa shape index (κ3) is 6.78. The van der Waals surface area contributed by atoms with Crippen molar-refractivity contribution < 1.29 is 33.5 Å². The maximum atomic E-state index is 12.4. The van der Waals surface area contributed by atoms with Gasteiger partial charge in [-0.2, -0.15) is 5.10 Å². The van der Waals surface area contributed by atoms with E-state index in [1.807, 2.05) is 0 Å². The van der Waals surface area contributed by atoms with Crippen molar-refractivity contribution in [3.05, 3.63) is 88.0 Å². The number of hydrogen-bond acceptors (Lipinski definition) is 9. The van der Waals surface area contributed by atoms with Crippen molar-refractivity contribution in [3.8, 4) is 23.0 Å². The molecule has 180 valence electrons. The summed E-state index contributed by atoms with van der Waals surface area (Å²) in [5, 5.41) is 14.8. The van der Waals surface area contributed by atoms with E-state index >= 15 is 0 Å². The Hall–Kier alpha value is -4.93. The Morgan fingerprint density at radius 2 is 1.77 bits per heavy atom. The first-order chi connectivity index (χ1) is 16.9. The van der Waals surface area contributed by atoms with Crippen LogP contribution in [0.25, 0.3) is 0 Å². The normalized spacial score (nSPS) is 10.5. The number of nitrogens with one attached hydrogen (secondary N) is 1. The van der Waals surface area contributed by atoms with Crippen molar-refractivity contribution in [2.75, 3.05) is 20.8 Å². The first-order valence-corrected chi connectivity index (χ1v) is 10.1. The fraction of sp³-hybridized carbons (Fsp3) is 0.125. The molecule has 0 bridgehead atoms. The van der Waals surface area contributed by atoms with Gasteiger partial charge in [0.1, 0.15) is 5.75 Å². The van der Waals surface area contributed by atoms with Crippen LogP contribution in [0.1, 0.15) is 15.9 Å². The quantitative estimate of drug-likeness (QED) is 0.154. The minimum atomic E-state index is -0.616. The van der Waals surface area contributed by atoms with Crippen LogP contribution in [0.15, 0.2) is 71.8 Å². The number of ether oxygens (including phenoxy) is 4. The molecular weight excluding hydrogens is 458 g/mol. The second-order valence-corrected chi connectivity index (χ2v) is 6.84. The molecule has 3 aromatic rings. The van der Waals surface area contributed by atoms with Crippen LogP contribution in [0, 0.1) is 10.1 Å². The number of nitro groups is 1. The second-order valence-electron chi connectivity index (χ2n) is 6.84. The summed E-state index contributed by atoms with van der Waals surface area (Å²) in [5.74, 6) is -0.242. The molecule has 1 amide bonds. The van der Waals surface area contributed by atoms with E-state index in [4.69, 9.17) is 18.9 Å². The van der Waals surface area contributed by atoms with Gasteiger partial charge in [0.05, 0.1) is 30.9 Å². The van der Waals surface area contributed by atoms with E-state index in [9.17, 15) is 19.7 Å². The molecule has 1 N–H and O–H groups in total. The summed E-state index contributed by atoms with van der Waals surface area (Å²) < 4.78 is 21.0. The summed E-state index contributed by atoms with van der Waals surface area (Å²) in [7, 11) is 2.92. The molecule has 11 heteroatoms. The van der Waals surface area contributed by atoms with Crippen LogP contribution in [-0.2, 0) is 4.79 Å². The molecule has 0 saturated carbocycles. The zero-order valence-electron chi connectivity index (χ0n) is 18.8. The lowest BCUT2D eigenvalue weighted by atomic mass is 10.2. The Bertz CT molecular complexity index is 1260. The number of esters is 1. The van der Waals surface area contributed by atoms with Crippen molar-refractivity contribution in [1.82, 2.24) is 5.43 Å². The van der Waals surface area contributed by atoms with E-state index < -0.39 is 23.4 Å². The minimum Gasteiger partial charge on any atom is -0.497 e. The number of carbonyl (C=O) groups is 2. The molecule has 0 aliphatic heterocycles. The number of carbonyl (C=O) groups excluding carboxylic acids is 2. The van der Waals surface area contributed by atoms with Gasteiger partial charge < -0.3 is 18.9 Å². The van der Waals surface area contributed by atoms with E-state index in [-0.39, 0.29) is 22.9 Å². The molecule has 3 rings (SSSR count). The van der Waals surface area contributed by atoms with Crippen molar-refractivity contribution in [2.24, 2.45) is 5.10 Å². The van der Waals surface area contributed by atoms with E-state index in [0.717, 1.165) is 0 Å². The fourth-order valence-electron chi connectivity index (χ4n) is 2.84. The summed E-state index contributed by atoms with van der Waals surface area (Å²) >= 11 is 0. The molecule has 0 saturated heterocycles. The summed E-state index contributed by atoms with van der Waals surface area (Å²) in [5.41, 5.74) is 2.87. The Morgan fingerprint density at radius 3 is 2.51 bits per heavy atom. The van der Waals surface area contributed by atoms with Gasteiger partial charge in [0.15, 0.2) is 23.9 Å². The van der Waals surface area contributed by atoms with E-state index in [0.29, 0.717) is 16.9 Å². The summed E-state index contributed by atoms with van der Waals surface area (Å²) in [6.45, 7) is -0.468. The molecule has 0 radical (unpaired) electrons. The van der Waals surface area contributed by atoms with Gasteiger partial charge in [0.25, 0.3) is 5.91 Å². The van der Waals surface area contributed by atoms with E-state index in [2.05, 4.69) is 10.5 Å². The van der Waals surface area contributed by atoms with E-state index in [1.54, 1.807) is 42.5 Å². The Labute approximate surface area is 200 Å². The smallest absolute Gasteiger partial charge is 0.343 e. The van der Waals surface area contributed by atoms with Gasteiger partial charge in [-0.1, -0.05) is 18.2 Å². The molecule has 0 fully saturated rings. The first-order valence-electron chi connectivity index (χ1n) is 10.1. The number of benzene rings is 3. The molecule has 35 heavy (non-hydrogen) atoms. The van der Waals surface area contributed by atoms with Crippen LogP contribution < -0.4 is 24.4 Å². The van der Waals surface area contributed by atoms with Gasteiger partial charge in [-0.25, -0.2) is 10.2 Å². The average molecular weight is 479 g/mol. The number of hydrogen-bond donors (Lipinski definition) is 1. The van der Waals surface area contributed by atoms with Crippen LogP contribution in [-0.4, -0.2) is 43.8 Å². The predicted molar refractivity (Wildman–Crippen MR) is 125 cm³/mol. The number of nitro benzene ring substituents is 1. The van der Waals surface area contributed by atoms with Crippen LogP contribution in [0.3, 0.4) is 0 Å². The monoisotopic (exact) mass is 479 g/mol. The van der Waals surface area contributed by atoms with Gasteiger partial charge in [-0.15, -0.1) is 0 Å². The SMILES string of the molecule is COc1cccc(C(=O)Oc2ccc(/C=N/NC(=O)COc3ccccc3[N+](=O)[O-])cc2OC)c1. The molecule has 0 aliphatic rings. The lowest BCUT2D eigenvalue weighted by molar-refractivity contribution is -0.385. The first kappa shape index (κ1) is 24.7. The van der Waals surface area contributed by atoms with Crippen molar-refractivity contribution >= 4 is 23.8 Å².